The lowest BCUT2D eigenvalue weighted by Gasteiger charge is -2.16. The summed E-state index contributed by atoms with van der Waals surface area (Å²) in [6.45, 7) is 4.64. The van der Waals surface area contributed by atoms with Crippen LogP contribution in [0.25, 0.3) is 0 Å². The highest BCUT2D eigenvalue weighted by Gasteiger charge is 2.12. The largest absolute Gasteiger partial charge is 0.490 e. The van der Waals surface area contributed by atoms with Gasteiger partial charge in [0.2, 0.25) is 0 Å². The molecule has 0 unspecified atom stereocenters. The normalized spacial score (nSPS) is 13.8. The Balaban J connectivity index is 1.61. The molecule has 0 saturated carbocycles. The molecule has 1 aliphatic rings. The average molecular weight is 513 g/mol. The van der Waals surface area contributed by atoms with Gasteiger partial charge in [-0.15, -0.1) is 0 Å². The number of benzene rings is 2. The van der Waals surface area contributed by atoms with Gasteiger partial charge < -0.3 is 14.8 Å². The molecule has 3 rings (SSSR count). The maximum atomic E-state index is 6.26. The first-order valence-corrected chi connectivity index (χ1v) is 12.0. The summed E-state index contributed by atoms with van der Waals surface area (Å²) in [5.41, 5.74) is 3.61. The molecule has 0 spiro atoms. The first-order valence-electron chi connectivity index (χ1n) is 10.5. The van der Waals surface area contributed by atoms with Gasteiger partial charge in [-0.1, -0.05) is 56.8 Å². The molecule has 162 valence electrons. The SMILES string of the molecule is CCOc1cc(CNCCC2=CCCCC2)c(Br)cc1OCc1ccc(Cl)cc1Cl. The number of hydrogen-bond acceptors (Lipinski definition) is 3. The smallest absolute Gasteiger partial charge is 0.162 e. The molecule has 0 aromatic heterocycles. The minimum Gasteiger partial charge on any atom is -0.490 e. The van der Waals surface area contributed by atoms with E-state index in [-0.39, 0.29) is 0 Å². The summed E-state index contributed by atoms with van der Waals surface area (Å²) in [4.78, 5) is 0. The number of hydrogen-bond donors (Lipinski definition) is 1. The molecular weight excluding hydrogens is 485 g/mol. The van der Waals surface area contributed by atoms with Gasteiger partial charge in [-0.2, -0.15) is 0 Å². The van der Waals surface area contributed by atoms with Crippen LogP contribution in [0.1, 0.15) is 50.2 Å². The van der Waals surface area contributed by atoms with Crippen LogP contribution in [-0.4, -0.2) is 13.2 Å². The second-order valence-corrected chi connectivity index (χ2v) is 9.08. The number of allylic oxidation sites excluding steroid dienone is 1. The van der Waals surface area contributed by atoms with E-state index < -0.39 is 0 Å². The third kappa shape index (κ3) is 6.91. The zero-order valence-corrected chi connectivity index (χ0v) is 20.4. The van der Waals surface area contributed by atoms with Crippen LogP contribution in [0.2, 0.25) is 10.0 Å². The fourth-order valence-electron chi connectivity index (χ4n) is 3.49. The Hall–Kier alpha value is -1.20. The quantitative estimate of drug-likeness (QED) is 0.261. The van der Waals surface area contributed by atoms with Crippen molar-refractivity contribution >= 4 is 39.1 Å². The van der Waals surface area contributed by atoms with Crippen LogP contribution in [0.4, 0.5) is 0 Å². The number of rotatable bonds is 10. The van der Waals surface area contributed by atoms with Crippen molar-refractivity contribution in [3.8, 4) is 11.5 Å². The molecule has 0 bridgehead atoms. The van der Waals surface area contributed by atoms with E-state index in [0.717, 1.165) is 40.9 Å². The highest BCUT2D eigenvalue weighted by Crippen LogP contribution is 2.35. The van der Waals surface area contributed by atoms with Crippen molar-refractivity contribution in [1.29, 1.82) is 0 Å². The van der Waals surface area contributed by atoms with Gasteiger partial charge in [-0.3, -0.25) is 0 Å². The van der Waals surface area contributed by atoms with E-state index in [0.29, 0.717) is 29.0 Å². The molecule has 0 atom stereocenters. The molecule has 1 aliphatic carbocycles. The Bertz CT molecular complexity index is 886. The summed E-state index contributed by atoms with van der Waals surface area (Å²) >= 11 is 15.9. The summed E-state index contributed by atoms with van der Waals surface area (Å²) < 4.78 is 12.9. The molecular formula is C24H28BrCl2NO2. The van der Waals surface area contributed by atoms with Crippen LogP contribution in [-0.2, 0) is 13.2 Å². The van der Waals surface area contributed by atoms with Crippen molar-refractivity contribution < 1.29 is 9.47 Å². The predicted molar refractivity (Wildman–Crippen MR) is 129 cm³/mol. The molecule has 0 amide bonds. The second kappa shape index (κ2) is 12.0. The Morgan fingerprint density at radius 3 is 2.60 bits per heavy atom. The van der Waals surface area contributed by atoms with Crippen molar-refractivity contribution in [3.05, 3.63) is 67.6 Å². The van der Waals surface area contributed by atoms with E-state index in [4.69, 9.17) is 32.7 Å². The van der Waals surface area contributed by atoms with Gasteiger partial charge in [0, 0.05) is 26.6 Å². The Morgan fingerprint density at radius 2 is 1.87 bits per heavy atom. The molecule has 3 nitrogen and oxygen atoms in total. The fraction of sp³-hybridized carbons (Fsp3) is 0.417. The molecule has 2 aromatic carbocycles. The summed E-state index contributed by atoms with van der Waals surface area (Å²) in [6.07, 6.45) is 8.69. The van der Waals surface area contributed by atoms with E-state index in [1.165, 1.54) is 25.7 Å². The third-order valence-electron chi connectivity index (χ3n) is 5.13. The third-order valence-corrected chi connectivity index (χ3v) is 6.46. The Labute approximate surface area is 197 Å². The van der Waals surface area contributed by atoms with E-state index in [2.05, 4.69) is 27.3 Å². The van der Waals surface area contributed by atoms with Crippen molar-refractivity contribution in [2.45, 2.75) is 52.2 Å². The van der Waals surface area contributed by atoms with Crippen LogP contribution < -0.4 is 14.8 Å². The van der Waals surface area contributed by atoms with Crippen molar-refractivity contribution in [2.24, 2.45) is 0 Å². The van der Waals surface area contributed by atoms with Gasteiger partial charge >= 0.3 is 0 Å². The van der Waals surface area contributed by atoms with E-state index in [1.54, 1.807) is 11.6 Å². The Morgan fingerprint density at radius 1 is 1.03 bits per heavy atom. The molecule has 6 heteroatoms. The van der Waals surface area contributed by atoms with Gasteiger partial charge in [0.25, 0.3) is 0 Å². The lowest BCUT2D eigenvalue weighted by Crippen LogP contribution is -2.16. The summed E-state index contributed by atoms with van der Waals surface area (Å²) in [5, 5.41) is 4.75. The van der Waals surface area contributed by atoms with E-state index in [1.807, 2.05) is 31.2 Å². The topological polar surface area (TPSA) is 30.5 Å². The lowest BCUT2D eigenvalue weighted by molar-refractivity contribution is 0.269. The first kappa shape index (κ1) is 23.5. The fourth-order valence-corrected chi connectivity index (χ4v) is 4.42. The van der Waals surface area contributed by atoms with Gasteiger partial charge in [0.15, 0.2) is 11.5 Å². The zero-order chi connectivity index (χ0) is 21.3. The minimum atomic E-state index is 0.342. The van der Waals surface area contributed by atoms with Crippen LogP contribution in [0.3, 0.4) is 0 Å². The molecule has 0 radical (unpaired) electrons. The Kier molecular flexibility index (Phi) is 9.38. The minimum absolute atomic E-state index is 0.342. The number of nitrogens with one attached hydrogen (secondary N) is 1. The molecule has 2 aromatic rings. The second-order valence-electron chi connectivity index (χ2n) is 7.38. The van der Waals surface area contributed by atoms with Gasteiger partial charge in [-0.05, 0) is 75.4 Å². The zero-order valence-electron chi connectivity index (χ0n) is 17.3. The van der Waals surface area contributed by atoms with Gasteiger partial charge in [0.1, 0.15) is 6.61 Å². The number of halogens is 3. The number of ether oxygens (including phenoxy) is 2. The highest BCUT2D eigenvalue weighted by molar-refractivity contribution is 9.10. The predicted octanol–water partition coefficient (Wildman–Crippen LogP) is 7.71. The van der Waals surface area contributed by atoms with Crippen molar-refractivity contribution in [3.63, 3.8) is 0 Å². The summed E-state index contributed by atoms with van der Waals surface area (Å²) in [5.74, 6) is 1.42. The van der Waals surface area contributed by atoms with Crippen molar-refractivity contribution in [1.82, 2.24) is 5.32 Å². The molecule has 0 fully saturated rings. The van der Waals surface area contributed by atoms with Gasteiger partial charge in [0.05, 0.1) is 6.61 Å². The van der Waals surface area contributed by atoms with Crippen LogP contribution in [0, 0.1) is 0 Å². The first-order chi connectivity index (χ1) is 14.6. The average Bonchev–Trinajstić information content (AvgIpc) is 2.74. The molecule has 0 heterocycles. The van der Waals surface area contributed by atoms with E-state index >= 15 is 0 Å². The molecule has 0 saturated heterocycles. The van der Waals surface area contributed by atoms with Crippen LogP contribution in [0.15, 0.2) is 46.5 Å². The maximum Gasteiger partial charge on any atom is 0.162 e. The highest BCUT2D eigenvalue weighted by atomic mass is 79.9. The van der Waals surface area contributed by atoms with E-state index in [9.17, 15) is 0 Å². The lowest BCUT2D eigenvalue weighted by atomic mass is 9.97. The van der Waals surface area contributed by atoms with Crippen molar-refractivity contribution in [2.75, 3.05) is 13.2 Å². The van der Waals surface area contributed by atoms with Crippen LogP contribution >= 0.6 is 39.1 Å². The van der Waals surface area contributed by atoms with Gasteiger partial charge in [-0.25, -0.2) is 0 Å². The summed E-state index contributed by atoms with van der Waals surface area (Å²) in [6, 6.07) is 9.41. The molecule has 0 aliphatic heterocycles. The molecule has 1 N–H and O–H groups in total. The summed E-state index contributed by atoms with van der Waals surface area (Å²) in [7, 11) is 0. The van der Waals surface area contributed by atoms with Crippen LogP contribution in [0.5, 0.6) is 11.5 Å². The maximum absolute atomic E-state index is 6.26. The standard InChI is InChI=1S/C24H28BrCl2NO2/c1-2-29-23-12-19(15-28-11-10-17-6-4-3-5-7-17)21(25)14-24(23)30-16-18-8-9-20(26)13-22(18)27/h6,8-9,12-14,28H,2-5,7,10-11,15-16H2,1H3. The monoisotopic (exact) mass is 511 g/mol. The molecule has 30 heavy (non-hydrogen) atoms.